The minimum atomic E-state index is -3.88. The van der Waals surface area contributed by atoms with Gasteiger partial charge in [0.2, 0.25) is 0 Å². The summed E-state index contributed by atoms with van der Waals surface area (Å²) in [5.41, 5.74) is 8.76. The van der Waals surface area contributed by atoms with E-state index in [4.69, 9.17) is 4.18 Å². The first-order valence-corrected chi connectivity index (χ1v) is 9.58. The van der Waals surface area contributed by atoms with E-state index in [1.165, 1.54) is 0 Å². The van der Waals surface area contributed by atoms with Gasteiger partial charge in [-0.15, -0.1) is 0 Å². The van der Waals surface area contributed by atoms with Gasteiger partial charge in [-0.25, -0.2) is 5.43 Å². The highest BCUT2D eigenvalue weighted by Crippen LogP contribution is 2.23. The molecule has 3 rings (SSSR count). The van der Waals surface area contributed by atoms with Gasteiger partial charge in [0.15, 0.2) is 0 Å². The molecule has 0 fully saturated rings. The third-order valence-electron chi connectivity index (χ3n) is 3.77. The number of anilines is 1. The molecule has 3 aromatic carbocycles. The van der Waals surface area contributed by atoms with Crippen LogP contribution in [0, 0.1) is 6.92 Å². The molecule has 0 saturated carbocycles. The molecule has 5 nitrogen and oxygen atoms in total. The second-order valence-electron chi connectivity index (χ2n) is 5.80. The lowest BCUT2D eigenvalue weighted by Gasteiger charge is -2.13. The van der Waals surface area contributed by atoms with Crippen molar-refractivity contribution in [3.05, 3.63) is 90.0 Å². The van der Waals surface area contributed by atoms with Crippen LogP contribution in [-0.2, 0) is 16.7 Å². The summed E-state index contributed by atoms with van der Waals surface area (Å²) in [7, 11) is -3.88. The molecule has 0 heterocycles. The van der Waals surface area contributed by atoms with Crippen molar-refractivity contribution in [3.63, 3.8) is 0 Å². The van der Waals surface area contributed by atoms with E-state index in [9.17, 15) is 8.42 Å². The summed E-state index contributed by atoms with van der Waals surface area (Å²) in [6.07, 6.45) is 0. The minimum absolute atomic E-state index is 0.133. The van der Waals surface area contributed by atoms with E-state index in [-0.39, 0.29) is 4.90 Å². The third kappa shape index (κ3) is 4.62. The fourth-order valence-electron chi connectivity index (χ4n) is 2.37. The topological polar surface area (TPSA) is 67.4 Å². The summed E-state index contributed by atoms with van der Waals surface area (Å²) in [4.78, 5) is 0.133. The summed E-state index contributed by atoms with van der Waals surface area (Å²) in [6.45, 7) is 2.30. The van der Waals surface area contributed by atoms with Crippen molar-refractivity contribution >= 4 is 15.8 Å². The van der Waals surface area contributed by atoms with Crippen molar-refractivity contribution in [1.29, 1.82) is 0 Å². The summed E-state index contributed by atoms with van der Waals surface area (Å²) >= 11 is 0. The third-order valence-corrected chi connectivity index (χ3v) is 5.02. The van der Waals surface area contributed by atoms with E-state index in [2.05, 4.69) is 10.9 Å². The Labute approximate surface area is 153 Å². The molecule has 2 N–H and O–H groups in total. The molecule has 0 aliphatic heterocycles. The summed E-state index contributed by atoms with van der Waals surface area (Å²) < 4.78 is 30.4. The molecule has 0 atom stereocenters. The number of aryl methyl sites for hydroxylation is 1. The maximum atomic E-state index is 12.5. The Hall–Kier alpha value is -2.83. The van der Waals surface area contributed by atoms with Crippen LogP contribution in [-0.4, -0.2) is 8.42 Å². The zero-order valence-electron chi connectivity index (χ0n) is 14.3. The highest BCUT2D eigenvalue weighted by atomic mass is 32.2. The quantitative estimate of drug-likeness (QED) is 0.489. The lowest BCUT2D eigenvalue weighted by Crippen LogP contribution is -2.21. The number of hydrogen-bond acceptors (Lipinski definition) is 5. The van der Waals surface area contributed by atoms with Gasteiger partial charge < -0.3 is 9.61 Å². The Morgan fingerprint density at radius 3 is 2.23 bits per heavy atom. The first-order chi connectivity index (χ1) is 12.5. The summed E-state index contributed by atoms with van der Waals surface area (Å²) in [5, 5.41) is 0. The second kappa shape index (κ2) is 8.03. The van der Waals surface area contributed by atoms with Crippen LogP contribution in [0.15, 0.2) is 83.8 Å². The lowest BCUT2D eigenvalue weighted by atomic mass is 10.2. The molecule has 0 spiro atoms. The van der Waals surface area contributed by atoms with Gasteiger partial charge in [0.25, 0.3) is 0 Å². The van der Waals surface area contributed by atoms with Crippen molar-refractivity contribution in [3.8, 4) is 5.75 Å². The van der Waals surface area contributed by atoms with Crippen LogP contribution in [0.25, 0.3) is 0 Å². The normalized spacial score (nSPS) is 11.1. The fourth-order valence-corrected chi connectivity index (χ4v) is 3.33. The molecule has 0 radical (unpaired) electrons. The molecule has 0 bridgehead atoms. The van der Waals surface area contributed by atoms with Crippen LogP contribution < -0.4 is 15.0 Å². The number of rotatable bonds is 7. The lowest BCUT2D eigenvalue weighted by molar-refractivity contribution is 0.482. The van der Waals surface area contributed by atoms with Gasteiger partial charge in [-0.2, -0.15) is 8.42 Å². The van der Waals surface area contributed by atoms with Crippen molar-refractivity contribution in [1.82, 2.24) is 5.43 Å². The number of hydrogen-bond donors (Lipinski definition) is 2. The minimum Gasteiger partial charge on any atom is -0.379 e. The molecule has 0 aliphatic carbocycles. The standard InChI is InChI=1S/C20H20N2O3S/c1-16-11-13-19(14-12-16)26(23,24)25-20-10-6-5-7-17(20)15-21-22-18-8-3-2-4-9-18/h2-14,21-22H,15H2,1H3. The number of hydrazine groups is 1. The zero-order chi connectivity index (χ0) is 18.4. The summed E-state index contributed by atoms with van der Waals surface area (Å²) in [6, 6.07) is 23.3. The van der Waals surface area contributed by atoms with Crippen molar-refractivity contribution < 1.29 is 12.6 Å². The Morgan fingerprint density at radius 2 is 1.50 bits per heavy atom. The molecule has 0 saturated heterocycles. The SMILES string of the molecule is Cc1ccc(S(=O)(=O)Oc2ccccc2CNNc2ccccc2)cc1. The highest BCUT2D eigenvalue weighted by Gasteiger charge is 2.18. The fraction of sp³-hybridized carbons (Fsp3) is 0.100. The molecule has 134 valence electrons. The largest absolute Gasteiger partial charge is 0.379 e. The van der Waals surface area contributed by atoms with Crippen LogP contribution in [0.4, 0.5) is 5.69 Å². The van der Waals surface area contributed by atoms with Crippen LogP contribution in [0.3, 0.4) is 0 Å². The predicted octanol–water partition coefficient (Wildman–Crippen LogP) is 3.88. The van der Waals surface area contributed by atoms with Crippen molar-refractivity contribution in [2.75, 3.05) is 5.43 Å². The van der Waals surface area contributed by atoms with E-state index in [0.717, 1.165) is 16.8 Å². The van der Waals surface area contributed by atoms with E-state index < -0.39 is 10.1 Å². The van der Waals surface area contributed by atoms with Gasteiger partial charge in [0.05, 0.1) is 0 Å². The van der Waals surface area contributed by atoms with Crippen LogP contribution in [0.2, 0.25) is 0 Å². The van der Waals surface area contributed by atoms with Gasteiger partial charge in [0, 0.05) is 17.8 Å². The van der Waals surface area contributed by atoms with Gasteiger partial charge in [0.1, 0.15) is 10.6 Å². The molecule has 0 aromatic heterocycles. The average molecular weight is 368 g/mol. The van der Waals surface area contributed by atoms with E-state index >= 15 is 0 Å². The summed E-state index contributed by atoms with van der Waals surface area (Å²) in [5.74, 6) is 0.301. The molecule has 3 aromatic rings. The Morgan fingerprint density at radius 1 is 0.846 bits per heavy atom. The molecule has 0 amide bonds. The van der Waals surface area contributed by atoms with Gasteiger partial charge in [-0.1, -0.05) is 54.1 Å². The molecular weight excluding hydrogens is 348 g/mol. The molecule has 0 unspecified atom stereocenters. The second-order valence-corrected chi connectivity index (χ2v) is 7.35. The van der Waals surface area contributed by atoms with E-state index in [0.29, 0.717) is 12.3 Å². The number of nitrogens with one attached hydrogen (secondary N) is 2. The maximum absolute atomic E-state index is 12.5. The van der Waals surface area contributed by atoms with Crippen molar-refractivity contribution in [2.24, 2.45) is 0 Å². The monoisotopic (exact) mass is 368 g/mol. The van der Waals surface area contributed by atoms with Gasteiger partial charge >= 0.3 is 10.1 Å². The molecule has 26 heavy (non-hydrogen) atoms. The zero-order valence-corrected chi connectivity index (χ0v) is 15.2. The smallest absolute Gasteiger partial charge is 0.339 e. The van der Waals surface area contributed by atoms with Crippen LogP contribution in [0.1, 0.15) is 11.1 Å². The first kappa shape index (κ1) is 18.0. The Kier molecular flexibility index (Phi) is 5.55. The Balaban J connectivity index is 1.71. The average Bonchev–Trinajstić information content (AvgIpc) is 2.64. The van der Waals surface area contributed by atoms with E-state index in [1.807, 2.05) is 49.4 Å². The van der Waals surface area contributed by atoms with Gasteiger partial charge in [-0.05, 0) is 37.3 Å². The highest BCUT2D eigenvalue weighted by molar-refractivity contribution is 7.87. The first-order valence-electron chi connectivity index (χ1n) is 8.17. The number of para-hydroxylation sites is 2. The van der Waals surface area contributed by atoms with Crippen LogP contribution in [0.5, 0.6) is 5.75 Å². The number of benzene rings is 3. The van der Waals surface area contributed by atoms with E-state index in [1.54, 1.807) is 36.4 Å². The predicted molar refractivity (Wildman–Crippen MR) is 102 cm³/mol. The maximum Gasteiger partial charge on any atom is 0.339 e. The van der Waals surface area contributed by atoms with Crippen molar-refractivity contribution in [2.45, 2.75) is 18.4 Å². The molecular formula is C20H20N2O3S. The van der Waals surface area contributed by atoms with Gasteiger partial charge in [-0.3, -0.25) is 0 Å². The van der Waals surface area contributed by atoms with Crippen LogP contribution >= 0.6 is 0 Å². The molecule has 6 heteroatoms. The Bertz CT molecular complexity index is 956. The molecule has 0 aliphatic rings.